The lowest BCUT2D eigenvalue weighted by Gasteiger charge is -2.29. The lowest BCUT2D eigenvalue weighted by molar-refractivity contribution is -0.138. The molecule has 1 amide bonds. The maximum atomic E-state index is 11.8. The third kappa shape index (κ3) is 2.10. The van der Waals surface area contributed by atoms with Gasteiger partial charge in [0, 0.05) is 11.9 Å². The van der Waals surface area contributed by atoms with Crippen LogP contribution < -0.4 is 4.90 Å². The van der Waals surface area contributed by atoms with Gasteiger partial charge in [0.1, 0.15) is 0 Å². The van der Waals surface area contributed by atoms with Crippen LogP contribution in [0.3, 0.4) is 0 Å². The number of hydrogen-bond donors (Lipinski definition) is 1. The summed E-state index contributed by atoms with van der Waals surface area (Å²) in [5, 5.41) is 8.89. The first-order valence-electron chi connectivity index (χ1n) is 5.72. The van der Waals surface area contributed by atoms with Crippen LogP contribution in [-0.2, 0) is 9.59 Å². The van der Waals surface area contributed by atoms with Gasteiger partial charge in [-0.15, -0.1) is 11.8 Å². The van der Waals surface area contributed by atoms with E-state index in [2.05, 4.69) is 0 Å². The number of thioether (sulfide) groups is 1. The Morgan fingerprint density at radius 3 is 2.78 bits per heavy atom. The number of rotatable bonds is 2. The Labute approximate surface area is 110 Å². The first-order valence-corrected chi connectivity index (χ1v) is 6.60. The Morgan fingerprint density at radius 1 is 1.50 bits per heavy atom. The number of amides is 1. The van der Waals surface area contributed by atoms with Crippen LogP contribution in [0.5, 0.6) is 0 Å². The van der Waals surface area contributed by atoms with E-state index in [4.69, 9.17) is 5.11 Å². The predicted octanol–water partition coefficient (Wildman–Crippen LogP) is 2.33. The molecule has 0 spiro atoms. The summed E-state index contributed by atoms with van der Waals surface area (Å²) in [5.41, 5.74) is 1.62. The second-order valence-electron chi connectivity index (χ2n) is 4.44. The molecule has 1 aromatic carbocycles. The fourth-order valence-corrected chi connectivity index (χ4v) is 3.12. The van der Waals surface area contributed by atoms with Crippen molar-refractivity contribution in [1.82, 2.24) is 0 Å². The van der Waals surface area contributed by atoms with Crippen LogP contribution in [0.2, 0.25) is 0 Å². The van der Waals surface area contributed by atoms with Crippen molar-refractivity contribution in [2.75, 3.05) is 11.9 Å². The monoisotopic (exact) mass is 265 g/mol. The second-order valence-corrected chi connectivity index (χ2v) is 5.83. The smallest absolute Gasteiger partial charge is 0.310 e. The summed E-state index contributed by atoms with van der Waals surface area (Å²) in [5.74, 6) is -1.30. The SMILES string of the molecule is CC1Sc2cc(C(C)C(=O)O)ccc2N(C)C1=O. The van der Waals surface area contributed by atoms with Gasteiger partial charge in [0.05, 0.1) is 16.9 Å². The Balaban J connectivity index is 2.42. The van der Waals surface area contributed by atoms with Crippen molar-refractivity contribution >= 4 is 29.3 Å². The van der Waals surface area contributed by atoms with Gasteiger partial charge in [-0.3, -0.25) is 9.59 Å². The van der Waals surface area contributed by atoms with E-state index in [1.807, 2.05) is 19.1 Å². The van der Waals surface area contributed by atoms with Crippen LogP contribution in [0.25, 0.3) is 0 Å². The topological polar surface area (TPSA) is 57.6 Å². The fraction of sp³-hybridized carbons (Fsp3) is 0.385. The molecule has 1 heterocycles. The molecule has 1 aliphatic heterocycles. The van der Waals surface area contributed by atoms with Crippen molar-refractivity contribution in [3.05, 3.63) is 23.8 Å². The highest BCUT2D eigenvalue weighted by molar-refractivity contribution is 8.01. The van der Waals surface area contributed by atoms with E-state index in [0.717, 1.165) is 16.1 Å². The molecular formula is C13H15NO3S. The summed E-state index contributed by atoms with van der Waals surface area (Å²) in [6.45, 7) is 3.52. The van der Waals surface area contributed by atoms with E-state index in [1.165, 1.54) is 11.8 Å². The third-order valence-corrected chi connectivity index (χ3v) is 4.33. The van der Waals surface area contributed by atoms with Gasteiger partial charge < -0.3 is 10.0 Å². The van der Waals surface area contributed by atoms with Crippen molar-refractivity contribution < 1.29 is 14.7 Å². The fourth-order valence-electron chi connectivity index (χ4n) is 1.95. The van der Waals surface area contributed by atoms with Crippen molar-refractivity contribution in [2.45, 2.75) is 29.9 Å². The van der Waals surface area contributed by atoms with E-state index in [9.17, 15) is 9.59 Å². The second kappa shape index (κ2) is 4.65. The molecule has 0 radical (unpaired) electrons. The molecule has 0 aromatic heterocycles. The van der Waals surface area contributed by atoms with Gasteiger partial charge in [0.25, 0.3) is 0 Å². The number of fused-ring (bicyclic) bond motifs is 1. The van der Waals surface area contributed by atoms with Crippen molar-refractivity contribution in [1.29, 1.82) is 0 Å². The number of carboxylic acid groups (broad SMARTS) is 1. The molecule has 0 fully saturated rings. The number of hydrogen-bond acceptors (Lipinski definition) is 3. The van der Waals surface area contributed by atoms with Gasteiger partial charge in [-0.25, -0.2) is 0 Å². The maximum absolute atomic E-state index is 11.8. The van der Waals surface area contributed by atoms with Crippen LogP contribution in [-0.4, -0.2) is 29.3 Å². The number of aliphatic carboxylic acids is 1. The first-order chi connectivity index (χ1) is 8.41. The highest BCUT2D eigenvalue weighted by Gasteiger charge is 2.28. The van der Waals surface area contributed by atoms with Gasteiger partial charge >= 0.3 is 5.97 Å². The van der Waals surface area contributed by atoms with Gasteiger partial charge in [-0.05, 0) is 31.5 Å². The zero-order valence-corrected chi connectivity index (χ0v) is 11.3. The zero-order valence-electron chi connectivity index (χ0n) is 10.5. The maximum Gasteiger partial charge on any atom is 0.310 e. The largest absolute Gasteiger partial charge is 0.481 e. The summed E-state index contributed by atoms with van der Waals surface area (Å²) < 4.78 is 0. The molecule has 4 nitrogen and oxygen atoms in total. The molecule has 1 N–H and O–H groups in total. The van der Waals surface area contributed by atoms with Gasteiger partial charge in [-0.1, -0.05) is 6.07 Å². The zero-order chi connectivity index (χ0) is 13.4. The molecule has 0 saturated heterocycles. The number of carbonyl (C=O) groups is 2. The number of nitrogens with zero attached hydrogens (tertiary/aromatic N) is 1. The van der Waals surface area contributed by atoms with Crippen LogP contribution in [0.4, 0.5) is 5.69 Å². The minimum atomic E-state index is -0.840. The van der Waals surface area contributed by atoms with Gasteiger partial charge in [0.2, 0.25) is 5.91 Å². The molecule has 2 rings (SSSR count). The van der Waals surface area contributed by atoms with E-state index < -0.39 is 11.9 Å². The Kier molecular flexibility index (Phi) is 3.34. The average molecular weight is 265 g/mol. The minimum Gasteiger partial charge on any atom is -0.481 e. The lowest BCUT2D eigenvalue weighted by Crippen LogP contribution is -2.36. The standard InChI is InChI=1S/C13H15NO3S/c1-7(13(16)17)9-4-5-10-11(6-9)18-8(2)12(15)14(10)3/h4-8H,1-3H3,(H,16,17). The Bertz CT molecular complexity index is 515. The van der Waals surface area contributed by atoms with Crippen molar-refractivity contribution in [3.63, 3.8) is 0 Å². The molecule has 96 valence electrons. The third-order valence-electron chi connectivity index (χ3n) is 3.20. The number of benzene rings is 1. The predicted molar refractivity (Wildman–Crippen MR) is 71.2 cm³/mol. The van der Waals surface area contributed by atoms with E-state index in [0.29, 0.717) is 0 Å². The lowest BCUT2D eigenvalue weighted by atomic mass is 10.0. The summed E-state index contributed by atoms with van der Waals surface area (Å²) in [6, 6.07) is 5.47. The number of carbonyl (C=O) groups excluding carboxylic acids is 1. The molecular weight excluding hydrogens is 250 g/mol. The summed E-state index contributed by atoms with van der Waals surface area (Å²) >= 11 is 1.48. The van der Waals surface area contributed by atoms with E-state index in [1.54, 1.807) is 24.9 Å². The van der Waals surface area contributed by atoms with Crippen LogP contribution in [0.1, 0.15) is 25.3 Å². The minimum absolute atomic E-state index is 0.0755. The molecule has 1 aromatic rings. The first kappa shape index (κ1) is 13.0. The molecule has 5 heteroatoms. The summed E-state index contributed by atoms with van der Waals surface area (Å²) in [4.78, 5) is 25.4. The molecule has 2 atom stereocenters. The van der Waals surface area contributed by atoms with E-state index in [-0.39, 0.29) is 11.2 Å². The average Bonchev–Trinajstić information content (AvgIpc) is 2.34. The van der Waals surface area contributed by atoms with E-state index >= 15 is 0 Å². The van der Waals surface area contributed by atoms with Crippen molar-refractivity contribution in [3.8, 4) is 0 Å². The molecule has 0 bridgehead atoms. The molecule has 2 unspecified atom stereocenters. The van der Waals surface area contributed by atoms with Gasteiger partial charge in [0.15, 0.2) is 0 Å². The van der Waals surface area contributed by atoms with Gasteiger partial charge in [-0.2, -0.15) is 0 Å². The summed E-state index contributed by atoms with van der Waals surface area (Å²) in [7, 11) is 1.75. The van der Waals surface area contributed by atoms with Crippen LogP contribution in [0.15, 0.2) is 23.1 Å². The normalized spacial score (nSPS) is 20.5. The number of anilines is 1. The molecule has 18 heavy (non-hydrogen) atoms. The van der Waals surface area contributed by atoms with Crippen molar-refractivity contribution in [2.24, 2.45) is 0 Å². The highest BCUT2D eigenvalue weighted by Crippen LogP contribution is 2.39. The quantitative estimate of drug-likeness (QED) is 0.891. The Hall–Kier alpha value is -1.49. The molecule has 0 aliphatic carbocycles. The highest BCUT2D eigenvalue weighted by atomic mass is 32.2. The van der Waals surface area contributed by atoms with Crippen LogP contribution in [0, 0.1) is 0 Å². The summed E-state index contributed by atoms with van der Waals surface area (Å²) in [6.07, 6.45) is 0. The molecule has 1 aliphatic rings. The number of carboxylic acids is 1. The van der Waals surface area contributed by atoms with Crippen LogP contribution >= 0.6 is 11.8 Å². The molecule has 0 saturated carbocycles. The Morgan fingerprint density at radius 2 is 2.17 bits per heavy atom.